The molecule has 0 aliphatic carbocycles. The highest BCUT2D eigenvalue weighted by atomic mass is 16.5. The van der Waals surface area contributed by atoms with Crippen molar-refractivity contribution in [3.05, 3.63) is 30.0 Å². The number of carbonyl (C=O) groups is 2. The number of piperidine rings is 2. The van der Waals surface area contributed by atoms with Crippen molar-refractivity contribution in [3.63, 3.8) is 0 Å². The first-order chi connectivity index (χ1) is 16.0. The Balaban J connectivity index is 1.24. The van der Waals surface area contributed by atoms with Crippen molar-refractivity contribution in [2.45, 2.75) is 52.0 Å². The molecule has 0 bridgehead atoms. The average Bonchev–Trinajstić information content (AvgIpc) is 3.27. The van der Waals surface area contributed by atoms with Crippen LogP contribution in [0.4, 0.5) is 0 Å². The number of fused-ring (bicyclic) bond motifs is 1. The summed E-state index contributed by atoms with van der Waals surface area (Å²) in [6, 6.07) is 8.29. The zero-order chi connectivity index (χ0) is 23.4. The van der Waals surface area contributed by atoms with Gasteiger partial charge in [0.2, 0.25) is 5.91 Å². The van der Waals surface area contributed by atoms with Gasteiger partial charge in [-0.05, 0) is 63.3 Å². The van der Waals surface area contributed by atoms with E-state index in [1.807, 2.05) is 36.1 Å². The van der Waals surface area contributed by atoms with Gasteiger partial charge in [0.05, 0.1) is 7.11 Å². The minimum Gasteiger partial charge on any atom is -0.497 e. The van der Waals surface area contributed by atoms with Gasteiger partial charge in [-0.25, -0.2) is 0 Å². The lowest BCUT2D eigenvalue weighted by atomic mass is 9.84. The fourth-order valence-electron chi connectivity index (χ4n) is 5.31. The Morgan fingerprint density at radius 1 is 1.15 bits per heavy atom. The van der Waals surface area contributed by atoms with E-state index in [1.165, 1.54) is 19.3 Å². The predicted octanol–water partition coefficient (Wildman–Crippen LogP) is 3.66. The van der Waals surface area contributed by atoms with Crippen LogP contribution < -0.4 is 10.1 Å². The molecule has 33 heavy (non-hydrogen) atoms. The number of aromatic nitrogens is 1. The number of methoxy groups -OCH3 is 1. The third-order valence-corrected chi connectivity index (χ3v) is 7.65. The highest BCUT2D eigenvalue weighted by Crippen LogP contribution is 2.27. The van der Waals surface area contributed by atoms with E-state index in [-0.39, 0.29) is 17.7 Å². The summed E-state index contributed by atoms with van der Waals surface area (Å²) in [5.74, 6) is 1.23. The van der Waals surface area contributed by atoms with Gasteiger partial charge >= 0.3 is 0 Å². The molecule has 2 amide bonds. The number of likely N-dealkylation sites (tertiary alicyclic amines) is 2. The van der Waals surface area contributed by atoms with Crippen LogP contribution in [0.25, 0.3) is 10.9 Å². The van der Waals surface area contributed by atoms with Gasteiger partial charge in [0.1, 0.15) is 11.4 Å². The largest absolute Gasteiger partial charge is 0.497 e. The predicted molar refractivity (Wildman–Crippen MR) is 131 cm³/mol. The molecule has 0 radical (unpaired) electrons. The molecule has 1 aromatic heterocycles. The summed E-state index contributed by atoms with van der Waals surface area (Å²) < 4.78 is 5.27. The van der Waals surface area contributed by atoms with E-state index in [2.05, 4.69) is 22.1 Å². The van der Waals surface area contributed by atoms with Gasteiger partial charge in [-0.1, -0.05) is 13.3 Å². The monoisotopic (exact) mass is 454 g/mol. The van der Waals surface area contributed by atoms with E-state index in [0.29, 0.717) is 30.7 Å². The van der Waals surface area contributed by atoms with Crippen molar-refractivity contribution in [1.29, 1.82) is 0 Å². The molecule has 7 heteroatoms. The summed E-state index contributed by atoms with van der Waals surface area (Å²) in [5, 5.41) is 4.15. The normalized spacial score (nSPS) is 21.2. The number of aromatic amines is 1. The first-order valence-electron chi connectivity index (χ1n) is 12.4. The van der Waals surface area contributed by atoms with Crippen LogP contribution in [0.2, 0.25) is 0 Å². The molecule has 2 aliphatic heterocycles. The van der Waals surface area contributed by atoms with Crippen molar-refractivity contribution in [1.82, 2.24) is 20.1 Å². The van der Waals surface area contributed by atoms with Crippen LogP contribution in [0, 0.1) is 11.8 Å². The number of hydrogen-bond acceptors (Lipinski definition) is 4. The van der Waals surface area contributed by atoms with Crippen LogP contribution >= 0.6 is 0 Å². The molecule has 180 valence electrons. The molecule has 0 spiro atoms. The summed E-state index contributed by atoms with van der Waals surface area (Å²) in [6.45, 7) is 8.48. The molecule has 3 heterocycles. The van der Waals surface area contributed by atoms with Crippen molar-refractivity contribution < 1.29 is 14.3 Å². The van der Waals surface area contributed by atoms with Gasteiger partial charge in [0.15, 0.2) is 0 Å². The number of carbonyl (C=O) groups excluding carboxylic acids is 2. The lowest BCUT2D eigenvalue weighted by molar-refractivity contribution is -0.126. The maximum Gasteiger partial charge on any atom is 0.270 e. The molecule has 4 rings (SSSR count). The fraction of sp³-hybridized carbons (Fsp3) is 0.615. The van der Waals surface area contributed by atoms with Crippen molar-refractivity contribution in [2.75, 3.05) is 39.8 Å². The summed E-state index contributed by atoms with van der Waals surface area (Å²) in [6.07, 6.45) is 5.55. The minimum atomic E-state index is -0.0263. The standard InChI is InChI=1S/C26H38N4O3/c1-18-6-4-5-12-29(18)15-11-27-25(31)19(2)20-9-13-30(14-10-20)26(32)24-16-21-7-8-22(33-3)17-23(21)28-24/h7-8,16-20,28H,4-6,9-15H2,1-3H3,(H,27,31)/t18-,19+/m1/s1. The molecule has 2 atom stereocenters. The van der Waals surface area contributed by atoms with Gasteiger partial charge < -0.3 is 19.9 Å². The van der Waals surface area contributed by atoms with Gasteiger partial charge in [-0.3, -0.25) is 14.5 Å². The first kappa shape index (κ1) is 23.6. The third-order valence-electron chi connectivity index (χ3n) is 7.65. The average molecular weight is 455 g/mol. The van der Waals surface area contributed by atoms with Gasteiger partial charge in [0, 0.05) is 55.1 Å². The molecule has 1 aromatic carbocycles. The van der Waals surface area contributed by atoms with E-state index >= 15 is 0 Å². The summed E-state index contributed by atoms with van der Waals surface area (Å²) in [4.78, 5) is 33.4. The number of benzene rings is 1. The molecular formula is C26H38N4O3. The Bertz CT molecular complexity index is 964. The number of hydrogen-bond donors (Lipinski definition) is 2. The molecule has 2 saturated heterocycles. The van der Waals surface area contributed by atoms with Crippen molar-refractivity contribution in [2.24, 2.45) is 11.8 Å². The third kappa shape index (κ3) is 5.52. The zero-order valence-corrected chi connectivity index (χ0v) is 20.2. The molecule has 7 nitrogen and oxygen atoms in total. The number of amides is 2. The van der Waals surface area contributed by atoms with Crippen LogP contribution in [-0.4, -0.2) is 72.5 Å². The summed E-state index contributed by atoms with van der Waals surface area (Å²) >= 11 is 0. The van der Waals surface area contributed by atoms with Crippen LogP contribution in [-0.2, 0) is 4.79 Å². The Kier molecular flexibility index (Phi) is 7.58. The molecule has 0 saturated carbocycles. The second-order valence-electron chi connectivity index (χ2n) is 9.73. The lowest BCUT2D eigenvalue weighted by Gasteiger charge is -2.35. The van der Waals surface area contributed by atoms with Gasteiger partial charge in [0.25, 0.3) is 5.91 Å². The van der Waals surface area contributed by atoms with Crippen molar-refractivity contribution >= 4 is 22.7 Å². The van der Waals surface area contributed by atoms with Gasteiger partial charge in [-0.2, -0.15) is 0 Å². The number of ether oxygens (including phenoxy) is 1. The van der Waals surface area contributed by atoms with E-state index in [1.54, 1.807) is 7.11 Å². The number of rotatable bonds is 7. The highest BCUT2D eigenvalue weighted by Gasteiger charge is 2.30. The van der Waals surface area contributed by atoms with Crippen molar-refractivity contribution in [3.8, 4) is 5.75 Å². The molecule has 2 aliphatic rings. The molecular weight excluding hydrogens is 416 g/mol. The number of nitrogens with one attached hydrogen (secondary N) is 2. The summed E-state index contributed by atoms with van der Waals surface area (Å²) in [5.41, 5.74) is 1.51. The SMILES string of the molecule is COc1ccc2cc(C(=O)N3CCC([C@H](C)C(=O)NCCN4CCCC[C@H]4C)CC3)[nH]c2c1. The van der Waals surface area contributed by atoms with Gasteiger partial charge in [-0.15, -0.1) is 0 Å². The Labute approximate surface area is 196 Å². The topological polar surface area (TPSA) is 77.7 Å². The van der Waals surface area contributed by atoms with Crippen LogP contribution in [0.1, 0.15) is 56.4 Å². The molecule has 2 aromatic rings. The Hall–Kier alpha value is -2.54. The maximum atomic E-state index is 13.0. The van der Waals surface area contributed by atoms with Crippen LogP contribution in [0.15, 0.2) is 24.3 Å². The number of nitrogens with zero attached hydrogens (tertiary/aromatic N) is 2. The maximum absolute atomic E-state index is 13.0. The van der Waals surface area contributed by atoms with E-state index in [9.17, 15) is 9.59 Å². The quantitative estimate of drug-likeness (QED) is 0.669. The second kappa shape index (κ2) is 10.6. The molecule has 0 unspecified atom stereocenters. The van der Waals surface area contributed by atoms with E-state index in [4.69, 9.17) is 4.74 Å². The fourth-order valence-corrected chi connectivity index (χ4v) is 5.31. The first-order valence-corrected chi connectivity index (χ1v) is 12.4. The smallest absolute Gasteiger partial charge is 0.270 e. The second-order valence-corrected chi connectivity index (χ2v) is 9.73. The Morgan fingerprint density at radius 3 is 2.67 bits per heavy atom. The molecule has 2 N–H and O–H groups in total. The summed E-state index contributed by atoms with van der Waals surface area (Å²) in [7, 11) is 1.64. The van der Waals surface area contributed by atoms with E-state index in [0.717, 1.165) is 49.1 Å². The minimum absolute atomic E-state index is 0.0244. The van der Waals surface area contributed by atoms with E-state index < -0.39 is 0 Å². The number of H-pyrrole nitrogens is 1. The zero-order valence-electron chi connectivity index (χ0n) is 20.2. The van der Waals surface area contributed by atoms with Crippen LogP contribution in [0.5, 0.6) is 5.75 Å². The molecule has 2 fully saturated rings. The highest BCUT2D eigenvalue weighted by molar-refractivity contribution is 5.98. The van der Waals surface area contributed by atoms with Crippen LogP contribution in [0.3, 0.4) is 0 Å². The Morgan fingerprint density at radius 2 is 1.94 bits per heavy atom. The lowest BCUT2D eigenvalue weighted by Crippen LogP contribution is -2.45.